The van der Waals surface area contributed by atoms with E-state index < -0.39 is 0 Å². The van der Waals surface area contributed by atoms with Crippen molar-refractivity contribution < 1.29 is 10.2 Å². The Morgan fingerprint density at radius 2 is 2.06 bits per heavy atom. The van der Waals surface area contributed by atoms with Crippen LogP contribution >= 0.6 is 11.3 Å². The zero-order valence-electron chi connectivity index (χ0n) is 17.9. The molecule has 1 aliphatic heterocycles. The van der Waals surface area contributed by atoms with Crippen molar-refractivity contribution in [2.75, 3.05) is 13.2 Å². The number of nitrogens with zero attached hydrogens (tertiary/aromatic N) is 3. The molecular formula is C25H24N4O3S. The van der Waals surface area contributed by atoms with Crippen LogP contribution in [0.3, 0.4) is 0 Å². The number of likely N-dealkylation sites (tertiary alicyclic amines) is 1. The molecule has 1 unspecified atom stereocenters. The van der Waals surface area contributed by atoms with E-state index in [1.165, 1.54) is 16.9 Å². The van der Waals surface area contributed by atoms with Crippen molar-refractivity contribution in [3.63, 3.8) is 0 Å². The summed E-state index contributed by atoms with van der Waals surface area (Å²) in [6, 6.07) is 13.6. The number of nitrogens with one attached hydrogen (secondary N) is 1. The van der Waals surface area contributed by atoms with Gasteiger partial charge in [0.15, 0.2) is 0 Å². The van der Waals surface area contributed by atoms with Crippen molar-refractivity contribution in [2.45, 2.75) is 25.4 Å². The van der Waals surface area contributed by atoms with Gasteiger partial charge in [-0.2, -0.15) is 0 Å². The summed E-state index contributed by atoms with van der Waals surface area (Å²) in [5.74, 6) is -0.215. The summed E-state index contributed by atoms with van der Waals surface area (Å²) < 4.78 is 0. The minimum absolute atomic E-state index is 0.198. The Balaban J connectivity index is 1.43. The Labute approximate surface area is 194 Å². The lowest BCUT2D eigenvalue weighted by molar-refractivity contribution is 0.153. The smallest absolute Gasteiger partial charge is 0.258 e. The Morgan fingerprint density at radius 3 is 2.82 bits per heavy atom. The average Bonchev–Trinajstić information content (AvgIpc) is 3.52. The number of aromatic nitrogens is 2. The zero-order chi connectivity index (χ0) is 22.8. The molecule has 1 aliphatic rings. The van der Waals surface area contributed by atoms with Crippen molar-refractivity contribution in [2.24, 2.45) is 4.99 Å². The fourth-order valence-electron chi connectivity index (χ4n) is 4.34. The zero-order valence-corrected chi connectivity index (χ0v) is 18.8. The van der Waals surface area contributed by atoms with Gasteiger partial charge in [0.1, 0.15) is 5.01 Å². The molecule has 1 atom stereocenters. The third-order valence-corrected chi connectivity index (χ3v) is 6.92. The first-order chi connectivity index (χ1) is 16.1. The molecule has 7 nitrogen and oxygen atoms in total. The van der Waals surface area contributed by atoms with Crippen LogP contribution in [0.4, 0.5) is 5.69 Å². The number of fused-ring (bicyclic) bond motifs is 1. The first-order valence-corrected chi connectivity index (χ1v) is 11.8. The molecule has 2 aromatic carbocycles. The molecule has 2 aromatic heterocycles. The molecule has 0 saturated carbocycles. The normalized spacial score (nSPS) is 16.8. The van der Waals surface area contributed by atoms with Gasteiger partial charge in [0.2, 0.25) is 5.88 Å². The summed E-state index contributed by atoms with van der Waals surface area (Å²) in [7, 11) is 0. The summed E-state index contributed by atoms with van der Waals surface area (Å²) in [6.07, 6.45) is 5.48. The molecule has 1 fully saturated rings. The second-order valence-corrected chi connectivity index (χ2v) is 9.08. The lowest BCUT2D eigenvalue weighted by Crippen LogP contribution is -2.31. The second-order valence-electron chi connectivity index (χ2n) is 8.19. The third-order valence-electron chi connectivity index (χ3n) is 6.10. The van der Waals surface area contributed by atoms with E-state index in [0.29, 0.717) is 16.3 Å². The van der Waals surface area contributed by atoms with E-state index in [-0.39, 0.29) is 24.1 Å². The minimum atomic E-state index is -0.349. The molecule has 0 bridgehead atoms. The number of H-pyrrole nitrogens is 1. The molecule has 0 amide bonds. The van der Waals surface area contributed by atoms with E-state index in [0.717, 1.165) is 42.2 Å². The van der Waals surface area contributed by atoms with Crippen molar-refractivity contribution in [3.8, 4) is 16.5 Å². The fourth-order valence-corrected chi connectivity index (χ4v) is 4.97. The van der Waals surface area contributed by atoms with Crippen LogP contribution < -0.4 is 5.56 Å². The molecule has 8 heteroatoms. The molecule has 0 aliphatic carbocycles. The van der Waals surface area contributed by atoms with Gasteiger partial charge in [0.05, 0.1) is 17.9 Å². The number of aliphatic imine (C=N–C) groups is 1. The van der Waals surface area contributed by atoms with Gasteiger partial charge in [-0.25, -0.2) is 4.98 Å². The predicted molar refractivity (Wildman–Crippen MR) is 132 cm³/mol. The van der Waals surface area contributed by atoms with Crippen LogP contribution in [0, 0.1) is 0 Å². The standard InChI is InChI=1S/C25H24N4O3S/c30-15-19-2-1-10-29(19)14-16-3-6-18(7-4-16)27-13-22-21-12-17(25-26-9-11-33-25)5-8-20(21)23(31)28-24(22)32/h3-9,11-13,19,30H,1-2,10,14-15H2,(H2,28,31,32). The molecule has 4 aromatic rings. The van der Waals surface area contributed by atoms with Crippen molar-refractivity contribution in [3.05, 3.63) is 75.5 Å². The molecule has 33 heavy (non-hydrogen) atoms. The van der Waals surface area contributed by atoms with Crippen LogP contribution in [0.5, 0.6) is 5.88 Å². The van der Waals surface area contributed by atoms with Crippen LogP contribution in [0.2, 0.25) is 0 Å². The summed E-state index contributed by atoms with van der Waals surface area (Å²) in [5, 5.41) is 23.8. The van der Waals surface area contributed by atoms with Crippen molar-refractivity contribution in [1.82, 2.24) is 14.9 Å². The van der Waals surface area contributed by atoms with Crippen LogP contribution in [0.25, 0.3) is 21.3 Å². The number of aliphatic hydroxyl groups is 1. The highest BCUT2D eigenvalue weighted by molar-refractivity contribution is 7.13. The lowest BCUT2D eigenvalue weighted by Gasteiger charge is -2.22. The Morgan fingerprint density at radius 1 is 1.21 bits per heavy atom. The molecule has 168 valence electrons. The van der Waals surface area contributed by atoms with Gasteiger partial charge in [-0.15, -0.1) is 11.3 Å². The highest BCUT2D eigenvalue weighted by atomic mass is 32.1. The number of pyridine rings is 1. The monoisotopic (exact) mass is 460 g/mol. The maximum Gasteiger partial charge on any atom is 0.258 e. The summed E-state index contributed by atoms with van der Waals surface area (Å²) in [4.78, 5) is 26.0. The van der Waals surface area contributed by atoms with Gasteiger partial charge in [-0.3, -0.25) is 19.7 Å². The predicted octanol–water partition coefficient (Wildman–Crippen LogP) is 4.06. The van der Waals surface area contributed by atoms with Gasteiger partial charge in [-0.05, 0) is 49.2 Å². The fraction of sp³-hybridized carbons (Fsp3) is 0.240. The highest BCUT2D eigenvalue weighted by Gasteiger charge is 2.23. The minimum Gasteiger partial charge on any atom is -0.494 e. The van der Waals surface area contributed by atoms with Gasteiger partial charge >= 0.3 is 0 Å². The second kappa shape index (κ2) is 9.27. The first-order valence-electron chi connectivity index (χ1n) is 10.9. The van der Waals surface area contributed by atoms with E-state index in [9.17, 15) is 15.0 Å². The van der Waals surface area contributed by atoms with Crippen LogP contribution in [0.15, 0.2) is 63.8 Å². The number of aromatic amines is 1. The number of hydrogen-bond acceptors (Lipinski definition) is 7. The summed E-state index contributed by atoms with van der Waals surface area (Å²) in [5.41, 5.74) is 2.89. The molecule has 3 N–H and O–H groups in total. The SMILES string of the molecule is O=c1[nH]c(O)c(C=Nc2ccc(CN3CCCC3CO)cc2)c2cc(-c3nccs3)ccc12. The molecule has 3 heterocycles. The van der Waals surface area contributed by atoms with E-state index in [1.807, 2.05) is 41.8 Å². The Hall–Kier alpha value is -3.33. The molecule has 1 saturated heterocycles. The van der Waals surface area contributed by atoms with Gasteiger partial charge < -0.3 is 10.2 Å². The first kappa shape index (κ1) is 21.5. The number of rotatable bonds is 6. The molecule has 0 spiro atoms. The van der Waals surface area contributed by atoms with E-state index in [4.69, 9.17) is 0 Å². The lowest BCUT2D eigenvalue weighted by atomic mass is 10.0. The number of hydrogen-bond donors (Lipinski definition) is 3. The van der Waals surface area contributed by atoms with Crippen LogP contribution in [-0.4, -0.2) is 50.5 Å². The highest BCUT2D eigenvalue weighted by Crippen LogP contribution is 2.29. The maximum atomic E-state index is 12.4. The maximum absolute atomic E-state index is 12.4. The Kier molecular flexibility index (Phi) is 6.04. The molecule has 5 rings (SSSR count). The quantitative estimate of drug-likeness (QED) is 0.377. The van der Waals surface area contributed by atoms with Crippen molar-refractivity contribution in [1.29, 1.82) is 0 Å². The van der Waals surface area contributed by atoms with Gasteiger partial charge in [0.25, 0.3) is 5.56 Å². The van der Waals surface area contributed by atoms with Gasteiger partial charge in [-0.1, -0.05) is 18.2 Å². The summed E-state index contributed by atoms with van der Waals surface area (Å²) >= 11 is 1.51. The molecule has 0 radical (unpaired) electrons. The van der Waals surface area contributed by atoms with E-state index >= 15 is 0 Å². The number of thiazole rings is 1. The van der Waals surface area contributed by atoms with Crippen LogP contribution in [-0.2, 0) is 6.54 Å². The summed E-state index contributed by atoms with van der Waals surface area (Å²) in [6.45, 7) is 2.01. The largest absolute Gasteiger partial charge is 0.494 e. The third kappa shape index (κ3) is 4.45. The topological polar surface area (TPSA) is 102 Å². The van der Waals surface area contributed by atoms with Crippen LogP contribution in [0.1, 0.15) is 24.0 Å². The van der Waals surface area contributed by atoms with Gasteiger partial charge in [0, 0.05) is 46.7 Å². The number of aromatic hydroxyl groups is 1. The van der Waals surface area contributed by atoms with E-state index in [1.54, 1.807) is 18.5 Å². The molecular weight excluding hydrogens is 436 g/mol. The Bertz CT molecular complexity index is 1350. The van der Waals surface area contributed by atoms with E-state index in [2.05, 4.69) is 19.9 Å². The average molecular weight is 461 g/mol. The van der Waals surface area contributed by atoms with Crippen molar-refractivity contribution >= 4 is 34.0 Å². The number of aliphatic hydroxyl groups excluding tert-OH is 1. The number of benzene rings is 2.